The van der Waals surface area contributed by atoms with Crippen LogP contribution in [0.15, 0.2) is 0 Å². The van der Waals surface area contributed by atoms with E-state index >= 15 is 0 Å². The van der Waals surface area contributed by atoms with Gasteiger partial charge in [-0.05, 0) is 6.92 Å². The van der Waals surface area contributed by atoms with Gasteiger partial charge in [-0.2, -0.15) is 0 Å². The Bertz CT molecular complexity index is 528. The summed E-state index contributed by atoms with van der Waals surface area (Å²) in [6.45, 7) is 6.71. The second-order valence-electron chi connectivity index (χ2n) is 6.03. The van der Waals surface area contributed by atoms with E-state index in [0.717, 1.165) is 0 Å². The maximum Gasteiger partial charge on any atom is 0.332 e. The van der Waals surface area contributed by atoms with Gasteiger partial charge in [0.2, 0.25) is 8.32 Å². The van der Waals surface area contributed by atoms with Crippen LogP contribution in [0.25, 0.3) is 0 Å². The summed E-state index contributed by atoms with van der Waals surface area (Å²) in [4.78, 5) is 0. The topological polar surface area (TPSA) is 116 Å². The standard InChI is InChI=1S/C14H35O10P3Si/c1-11-24-28(12(2)25(15,18-5)19-6,13(3)26(16,20-7)21-8)14(4)27(17,22-9)23-10/h12-14H,11H2,1-10H3. The first-order chi connectivity index (χ1) is 12.9. The zero-order valence-corrected chi connectivity index (χ0v) is 22.0. The molecule has 0 radical (unpaired) electrons. The normalized spacial score (nSPS) is 19.1. The molecule has 0 aromatic carbocycles. The fourth-order valence-corrected chi connectivity index (χ4v) is 22.8. The van der Waals surface area contributed by atoms with Crippen LogP contribution < -0.4 is 0 Å². The number of hydrogen-bond donors (Lipinski definition) is 0. The van der Waals surface area contributed by atoms with E-state index in [1.807, 2.05) is 0 Å². The van der Waals surface area contributed by atoms with Crippen molar-refractivity contribution < 1.29 is 45.3 Å². The van der Waals surface area contributed by atoms with Crippen LogP contribution in [0, 0.1) is 0 Å². The first-order valence-corrected chi connectivity index (χ1v) is 15.6. The van der Waals surface area contributed by atoms with Crippen LogP contribution >= 0.6 is 22.8 Å². The molecule has 0 heterocycles. The van der Waals surface area contributed by atoms with Crippen LogP contribution in [0.1, 0.15) is 27.7 Å². The van der Waals surface area contributed by atoms with Crippen molar-refractivity contribution in [2.75, 3.05) is 49.3 Å². The van der Waals surface area contributed by atoms with E-state index in [1.165, 1.54) is 42.7 Å². The average molecular weight is 484 g/mol. The van der Waals surface area contributed by atoms with Crippen molar-refractivity contribution in [1.29, 1.82) is 0 Å². The lowest BCUT2D eigenvalue weighted by Gasteiger charge is -2.47. The summed E-state index contributed by atoms with van der Waals surface area (Å²) in [6, 6.07) is 0. The molecule has 3 unspecified atom stereocenters. The van der Waals surface area contributed by atoms with Crippen molar-refractivity contribution in [2.24, 2.45) is 0 Å². The van der Waals surface area contributed by atoms with Crippen LogP contribution in [0.3, 0.4) is 0 Å². The Morgan fingerprint density at radius 2 is 0.821 bits per heavy atom. The lowest BCUT2D eigenvalue weighted by Crippen LogP contribution is -2.65. The molecule has 3 atom stereocenters. The van der Waals surface area contributed by atoms with E-state index < -0.39 is 47.0 Å². The number of rotatable bonds is 14. The van der Waals surface area contributed by atoms with Crippen molar-refractivity contribution in [1.82, 2.24) is 0 Å². The monoisotopic (exact) mass is 484 g/mol. The van der Waals surface area contributed by atoms with E-state index in [2.05, 4.69) is 0 Å². The van der Waals surface area contributed by atoms with Gasteiger partial charge in [-0.1, -0.05) is 20.8 Å². The van der Waals surface area contributed by atoms with Gasteiger partial charge in [0.05, 0.1) is 15.8 Å². The Morgan fingerprint density at radius 3 is 0.964 bits per heavy atom. The molecule has 0 aliphatic carbocycles. The Morgan fingerprint density at radius 1 is 0.607 bits per heavy atom. The molecule has 170 valence electrons. The fourth-order valence-electron chi connectivity index (χ4n) is 3.57. The van der Waals surface area contributed by atoms with Crippen molar-refractivity contribution in [2.45, 2.75) is 43.5 Å². The average Bonchev–Trinajstić information content (AvgIpc) is 2.74. The van der Waals surface area contributed by atoms with Gasteiger partial charge in [-0.25, -0.2) is 0 Å². The van der Waals surface area contributed by atoms with Gasteiger partial charge in [-0.3, -0.25) is 13.7 Å². The second-order valence-corrected chi connectivity index (χ2v) is 19.8. The van der Waals surface area contributed by atoms with Crippen LogP contribution in [0.5, 0.6) is 0 Å². The highest BCUT2D eigenvalue weighted by Gasteiger charge is 2.66. The smallest absolute Gasteiger partial charge is 0.332 e. The van der Waals surface area contributed by atoms with E-state index in [4.69, 9.17) is 31.6 Å². The van der Waals surface area contributed by atoms with Gasteiger partial charge < -0.3 is 31.6 Å². The van der Waals surface area contributed by atoms with Gasteiger partial charge in [-0.15, -0.1) is 0 Å². The predicted octanol–water partition coefficient (Wildman–Crippen LogP) is 4.21. The zero-order chi connectivity index (χ0) is 22.4. The van der Waals surface area contributed by atoms with Gasteiger partial charge in [0.15, 0.2) is 0 Å². The second kappa shape index (κ2) is 11.3. The van der Waals surface area contributed by atoms with Gasteiger partial charge in [0.25, 0.3) is 0 Å². The fraction of sp³-hybridized carbons (Fsp3) is 1.00. The van der Waals surface area contributed by atoms with Crippen molar-refractivity contribution >= 4 is 31.1 Å². The van der Waals surface area contributed by atoms with Gasteiger partial charge >= 0.3 is 22.8 Å². The zero-order valence-electron chi connectivity index (χ0n) is 18.4. The van der Waals surface area contributed by atoms with Crippen LogP contribution in [0.2, 0.25) is 0 Å². The first-order valence-electron chi connectivity index (χ1n) is 8.67. The molecule has 0 amide bonds. The molecule has 0 aliphatic rings. The molecule has 0 aromatic heterocycles. The third kappa shape index (κ3) is 5.09. The van der Waals surface area contributed by atoms with E-state index in [-0.39, 0.29) is 6.61 Å². The predicted molar refractivity (Wildman–Crippen MR) is 111 cm³/mol. The highest BCUT2D eigenvalue weighted by atomic mass is 31.2. The summed E-state index contributed by atoms with van der Waals surface area (Å²) in [5.41, 5.74) is 0. The minimum absolute atomic E-state index is 0.166. The summed E-state index contributed by atoms with van der Waals surface area (Å²) in [5.74, 6) is 0. The Labute approximate surface area is 169 Å². The van der Waals surface area contributed by atoms with Gasteiger partial charge in [0, 0.05) is 49.3 Å². The molecule has 0 bridgehead atoms. The molecule has 28 heavy (non-hydrogen) atoms. The Kier molecular flexibility index (Phi) is 11.6. The van der Waals surface area contributed by atoms with Gasteiger partial charge in [0.1, 0.15) is 0 Å². The highest BCUT2D eigenvalue weighted by molar-refractivity contribution is 7.65. The molecule has 10 nitrogen and oxygen atoms in total. The van der Waals surface area contributed by atoms with Crippen molar-refractivity contribution in [3.63, 3.8) is 0 Å². The molecule has 0 saturated carbocycles. The minimum atomic E-state index is -3.74. The molecule has 0 saturated heterocycles. The Hall–Kier alpha value is 0.627. The van der Waals surface area contributed by atoms with Crippen LogP contribution in [0.4, 0.5) is 0 Å². The van der Waals surface area contributed by atoms with Crippen LogP contribution in [-0.4, -0.2) is 73.4 Å². The van der Waals surface area contributed by atoms with E-state index in [9.17, 15) is 13.7 Å². The lowest BCUT2D eigenvalue weighted by atomic mass is 10.9. The summed E-state index contributed by atoms with van der Waals surface area (Å²) in [5, 5.41) is -2.72. The summed E-state index contributed by atoms with van der Waals surface area (Å²) in [6.07, 6.45) is 0. The molecule has 0 aliphatic heterocycles. The summed E-state index contributed by atoms with van der Waals surface area (Å²) >= 11 is 0. The number of hydrogen-bond acceptors (Lipinski definition) is 10. The lowest BCUT2D eigenvalue weighted by molar-refractivity contribution is 0.245. The summed E-state index contributed by atoms with van der Waals surface area (Å²) < 4.78 is 77.5. The Balaban J connectivity index is 7.07. The summed E-state index contributed by atoms with van der Waals surface area (Å²) in [7, 11) is -7.40. The maximum absolute atomic E-state index is 13.4. The third-order valence-corrected chi connectivity index (χ3v) is 22.4. The third-order valence-electron chi connectivity index (χ3n) is 5.30. The molecular weight excluding hydrogens is 449 g/mol. The molecule has 0 aromatic rings. The highest BCUT2D eigenvalue weighted by Crippen LogP contribution is 2.67. The maximum atomic E-state index is 13.4. The molecular formula is C14H35O10P3Si. The van der Waals surface area contributed by atoms with Crippen molar-refractivity contribution in [3.05, 3.63) is 0 Å². The molecule has 14 heteroatoms. The minimum Gasteiger partial charge on any atom is -0.414 e. The quantitative estimate of drug-likeness (QED) is 0.262. The van der Waals surface area contributed by atoms with Crippen LogP contribution in [-0.2, 0) is 45.3 Å². The van der Waals surface area contributed by atoms with E-state index in [1.54, 1.807) is 27.7 Å². The SMILES string of the molecule is CCO[Si](C(C)P(=O)(OC)OC)(C(C)P(=O)(OC)OC)C(C)P(=O)(OC)OC. The molecule has 0 N–H and O–H groups in total. The molecule has 0 spiro atoms. The molecule has 0 rings (SSSR count). The first kappa shape index (κ1) is 28.6. The van der Waals surface area contributed by atoms with E-state index in [0.29, 0.717) is 0 Å². The van der Waals surface area contributed by atoms with Crippen molar-refractivity contribution in [3.8, 4) is 0 Å². The molecule has 0 fully saturated rings. The largest absolute Gasteiger partial charge is 0.414 e.